The Morgan fingerprint density at radius 2 is 1.52 bits per heavy atom. The van der Waals surface area contributed by atoms with E-state index < -0.39 is 0 Å². The second-order valence-corrected chi connectivity index (χ2v) is 7.86. The van der Waals surface area contributed by atoms with Crippen LogP contribution in [0, 0.1) is 14.0 Å². The Morgan fingerprint density at radius 1 is 0.774 bits per heavy atom. The zero-order chi connectivity index (χ0) is 20.0. The van der Waals surface area contributed by atoms with E-state index in [9.17, 15) is 0 Å². The molecule has 0 aliphatic heterocycles. The Morgan fingerprint density at radius 3 is 2.39 bits per heavy atom. The van der Waals surface area contributed by atoms with Crippen LogP contribution in [0.5, 0.6) is 0 Å². The van der Waals surface area contributed by atoms with Crippen LogP contribution >= 0.6 is 0 Å². The zero-order valence-corrected chi connectivity index (χ0v) is 19.0. The molecule has 1 radical (unpaired) electrons. The van der Waals surface area contributed by atoms with Crippen molar-refractivity contribution in [1.82, 2.24) is 4.40 Å². The predicted molar refractivity (Wildman–Crippen MR) is 122 cm³/mol. The minimum absolute atomic E-state index is 0. The van der Waals surface area contributed by atoms with E-state index in [1.54, 1.807) is 0 Å². The van der Waals surface area contributed by atoms with Gasteiger partial charge in [-0.05, 0) is 18.2 Å². The molecule has 7 rings (SSSR count). The van der Waals surface area contributed by atoms with Gasteiger partial charge in [-0.1, -0.05) is 36.4 Å². The molecule has 0 atom stereocenters. The first-order valence-electron chi connectivity index (χ1n) is 10.0. The molecule has 4 heterocycles. The van der Waals surface area contributed by atoms with Crippen molar-refractivity contribution in [3.8, 4) is 11.3 Å². The molecule has 7 aromatic rings. The normalized spacial score (nSPS) is 11.9. The summed E-state index contributed by atoms with van der Waals surface area (Å²) in [6.07, 6.45) is 1.96. The zero-order valence-electron chi connectivity index (χ0n) is 16.6. The first-order valence-corrected chi connectivity index (χ1v) is 10.0. The number of fused-ring (bicyclic) bond motifs is 8. The largest absolute Gasteiger partial charge is 0.456 e. The third-order valence-electron chi connectivity index (χ3n) is 6.28. The molecule has 0 fully saturated rings. The van der Waals surface area contributed by atoms with Crippen molar-refractivity contribution in [3.63, 3.8) is 0 Å². The van der Waals surface area contributed by atoms with E-state index in [4.69, 9.17) is 4.42 Å². The summed E-state index contributed by atoms with van der Waals surface area (Å²) in [7, 11) is 4.28. The summed E-state index contributed by atoms with van der Waals surface area (Å²) < 4.78 is 10.7. The molecule has 0 saturated heterocycles. The van der Waals surface area contributed by atoms with Crippen molar-refractivity contribution in [3.05, 3.63) is 98.5 Å². The summed E-state index contributed by atoms with van der Waals surface area (Å²) >= 11 is 0. The maximum absolute atomic E-state index is 6.47. The van der Waals surface area contributed by atoms with E-state index >= 15 is 0 Å². The minimum atomic E-state index is 0. The molecular weight excluding hydrogens is 561 g/mol. The van der Waals surface area contributed by atoms with Crippen LogP contribution in [0.4, 0.5) is 0 Å². The number of hydrogen-bond donors (Lipinski definition) is 0. The van der Waals surface area contributed by atoms with Crippen LogP contribution in [0.15, 0.2) is 83.4 Å². The van der Waals surface area contributed by atoms with E-state index in [2.05, 4.69) is 66.9 Å². The number of rotatable bonds is 1. The first-order chi connectivity index (χ1) is 14.7. The number of para-hydroxylation sites is 2. The fraction of sp³-hybridized carbons (Fsp3) is 0. The Labute approximate surface area is 192 Å². The average molecular weight is 578 g/mol. The van der Waals surface area contributed by atoms with Crippen LogP contribution in [0.25, 0.3) is 60.5 Å². The molecule has 0 bridgehead atoms. The van der Waals surface area contributed by atoms with Crippen LogP contribution in [-0.4, -0.2) is 4.40 Å². The molecule has 31 heavy (non-hydrogen) atoms. The van der Waals surface area contributed by atoms with Crippen LogP contribution in [0.3, 0.4) is 0 Å². The Bertz CT molecular complexity index is 1770. The topological polar surface area (TPSA) is 21.4 Å². The monoisotopic (exact) mass is 578 g/mol. The van der Waals surface area contributed by atoms with Gasteiger partial charge in [0.2, 0.25) is 0 Å². The standard InChI is InChI=1S/C27H17N2O.Ir/c1-16-8-3-4-9-17(16)25-23-22(14-15-28(25)2)30-27-20-12-7-11-19-18-10-5-6-13-21(18)29(24(19)20)26(23)27;/h3-15H,1-2H2;/q-1;. The van der Waals surface area contributed by atoms with Crippen molar-refractivity contribution >= 4 is 49.3 Å². The molecule has 0 amide bonds. The van der Waals surface area contributed by atoms with Gasteiger partial charge >= 0.3 is 0 Å². The molecule has 151 valence electrons. The van der Waals surface area contributed by atoms with Gasteiger partial charge in [0.25, 0.3) is 0 Å². The Kier molecular flexibility index (Phi) is 3.71. The number of benzene rings is 3. The molecule has 3 aromatic carbocycles. The molecule has 0 unspecified atom stereocenters. The number of furan rings is 1. The third-order valence-corrected chi connectivity index (χ3v) is 6.28. The van der Waals surface area contributed by atoms with Crippen molar-refractivity contribution in [1.29, 1.82) is 0 Å². The molecule has 4 heteroatoms. The van der Waals surface area contributed by atoms with Crippen molar-refractivity contribution in [2.75, 3.05) is 0 Å². The van der Waals surface area contributed by atoms with Crippen molar-refractivity contribution < 1.29 is 29.1 Å². The van der Waals surface area contributed by atoms with Gasteiger partial charge in [0.1, 0.15) is 5.58 Å². The van der Waals surface area contributed by atoms with Gasteiger partial charge in [0, 0.05) is 48.7 Å². The van der Waals surface area contributed by atoms with E-state index in [0.717, 1.165) is 44.3 Å². The summed E-state index contributed by atoms with van der Waals surface area (Å²) in [5.74, 6) is 0. The average Bonchev–Trinajstić information content (AvgIpc) is 3.40. The number of aromatic nitrogens is 2. The molecule has 4 aromatic heterocycles. The number of pyridine rings is 1. The molecule has 0 saturated carbocycles. The van der Waals surface area contributed by atoms with Gasteiger partial charge in [-0.15, -0.1) is 17.7 Å². The summed E-state index contributed by atoms with van der Waals surface area (Å²) in [4.78, 5) is 0. The van der Waals surface area contributed by atoms with E-state index in [1.807, 2.05) is 35.0 Å². The number of hydrogen-bond acceptors (Lipinski definition) is 1. The summed E-state index contributed by atoms with van der Waals surface area (Å²) in [6, 6.07) is 25.2. The Hall–Kier alpha value is -3.46. The summed E-state index contributed by atoms with van der Waals surface area (Å²) in [5.41, 5.74) is 8.32. The molecule has 3 nitrogen and oxygen atoms in total. The van der Waals surface area contributed by atoms with Gasteiger partial charge in [-0.3, -0.25) is 0 Å². The van der Waals surface area contributed by atoms with Crippen LogP contribution in [0.2, 0.25) is 0 Å². The van der Waals surface area contributed by atoms with Gasteiger partial charge in [-0.2, -0.15) is 18.6 Å². The fourth-order valence-corrected chi connectivity index (χ4v) is 5.03. The predicted octanol–water partition coefficient (Wildman–Crippen LogP) is 6.36. The van der Waals surface area contributed by atoms with Crippen LogP contribution < -0.4 is 4.57 Å². The quantitative estimate of drug-likeness (QED) is 0.165. The van der Waals surface area contributed by atoms with Gasteiger partial charge < -0.3 is 13.4 Å². The second-order valence-electron chi connectivity index (χ2n) is 7.86. The summed E-state index contributed by atoms with van der Waals surface area (Å²) in [5, 5.41) is 4.71. The molecular formula is C27H17IrN2O-. The number of nitrogens with zero attached hydrogens (tertiary/aromatic N) is 2. The van der Waals surface area contributed by atoms with Gasteiger partial charge in [0.15, 0.2) is 5.58 Å². The maximum Gasteiger partial charge on any atom is 0.160 e. The van der Waals surface area contributed by atoms with Crippen LogP contribution in [0.1, 0.15) is 5.56 Å². The minimum Gasteiger partial charge on any atom is -0.456 e. The van der Waals surface area contributed by atoms with Gasteiger partial charge in [0.05, 0.1) is 28.4 Å². The van der Waals surface area contributed by atoms with Gasteiger partial charge in [-0.25, -0.2) is 0 Å². The fourth-order valence-electron chi connectivity index (χ4n) is 5.03. The molecule has 0 aliphatic rings. The summed E-state index contributed by atoms with van der Waals surface area (Å²) in [6.45, 7) is 4.26. The smallest absolute Gasteiger partial charge is 0.160 e. The molecule has 0 aliphatic carbocycles. The maximum atomic E-state index is 6.47. The Balaban J connectivity index is 0.00000185. The van der Waals surface area contributed by atoms with E-state index in [0.29, 0.717) is 0 Å². The van der Waals surface area contributed by atoms with Crippen molar-refractivity contribution in [2.45, 2.75) is 0 Å². The molecule has 0 spiro atoms. The third kappa shape index (κ3) is 2.18. The van der Waals surface area contributed by atoms with Crippen LogP contribution in [-0.2, 0) is 20.1 Å². The first kappa shape index (κ1) is 18.3. The SMILES string of the molecule is [CH2-]c1ccccc1-c1c2c(cc[n+]1[CH2-])oc1c3cccc4c5ccccc5n(c43)c12.[Ir]. The van der Waals surface area contributed by atoms with E-state index in [1.165, 1.54) is 21.8 Å². The second kappa shape index (κ2) is 6.27. The van der Waals surface area contributed by atoms with Crippen molar-refractivity contribution in [2.24, 2.45) is 0 Å². The molecule has 0 N–H and O–H groups in total. The van der Waals surface area contributed by atoms with E-state index in [-0.39, 0.29) is 20.1 Å².